The molecule has 1 heterocycles. The quantitative estimate of drug-likeness (QED) is 0.827. The molecule has 0 aliphatic heterocycles. The fraction of sp³-hybridized carbons (Fsp3) is 0.500. The van der Waals surface area contributed by atoms with Crippen LogP contribution in [0.1, 0.15) is 42.6 Å². The Balaban J connectivity index is 2.07. The zero-order chi connectivity index (χ0) is 14.5. The van der Waals surface area contributed by atoms with Crippen molar-refractivity contribution in [1.29, 1.82) is 0 Å². The lowest BCUT2D eigenvalue weighted by atomic mass is 9.84. The number of hydrogen-bond donors (Lipinski definition) is 2. The van der Waals surface area contributed by atoms with Gasteiger partial charge in [0.15, 0.2) is 0 Å². The van der Waals surface area contributed by atoms with Crippen molar-refractivity contribution < 1.29 is 19.1 Å². The number of carbonyl (C=O) groups is 2. The summed E-state index contributed by atoms with van der Waals surface area (Å²) in [5.41, 5.74) is -0.105. The predicted molar refractivity (Wildman–Crippen MR) is 69.7 cm³/mol. The molecular formula is C14H17FN2O3. The number of carboxylic acids is 1. The second-order valence-electron chi connectivity index (χ2n) is 5.03. The molecule has 2 N–H and O–H groups in total. The van der Waals surface area contributed by atoms with Crippen LogP contribution in [0, 0.1) is 11.9 Å². The Bertz CT molecular complexity index is 501. The molecule has 0 spiro atoms. The molecule has 1 aromatic rings. The van der Waals surface area contributed by atoms with E-state index in [9.17, 15) is 19.1 Å². The molecule has 1 saturated carbocycles. The number of halogens is 1. The van der Waals surface area contributed by atoms with Gasteiger partial charge in [-0.1, -0.05) is 25.3 Å². The van der Waals surface area contributed by atoms with Crippen LogP contribution >= 0.6 is 0 Å². The number of aliphatic carboxylic acids is 1. The van der Waals surface area contributed by atoms with E-state index in [1.807, 2.05) is 0 Å². The standard InChI is InChI=1S/C14H17FN2O3/c15-11-8-4-7-10(16-11)13(18)17-12(14(19)20)9-5-2-1-3-6-9/h4,7-9,12H,1-3,5-6H2,(H,17,18)(H,19,20). The molecule has 20 heavy (non-hydrogen) atoms. The first kappa shape index (κ1) is 14.4. The van der Waals surface area contributed by atoms with Crippen LogP contribution in [-0.2, 0) is 4.79 Å². The van der Waals surface area contributed by atoms with E-state index in [1.54, 1.807) is 0 Å². The molecule has 5 nitrogen and oxygen atoms in total. The first-order valence-corrected chi connectivity index (χ1v) is 6.74. The van der Waals surface area contributed by atoms with E-state index >= 15 is 0 Å². The molecule has 1 aliphatic carbocycles. The molecule has 0 aromatic carbocycles. The van der Waals surface area contributed by atoms with Gasteiger partial charge in [-0.3, -0.25) is 4.79 Å². The Morgan fingerprint density at radius 1 is 1.30 bits per heavy atom. The number of nitrogens with one attached hydrogen (secondary N) is 1. The van der Waals surface area contributed by atoms with E-state index in [0.29, 0.717) is 0 Å². The van der Waals surface area contributed by atoms with Crippen molar-refractivity contribution in [3.05, 3.63) is 29.8 Å². The van der Waals surface area contributed by atoms with Crippen molar-refractivity contribution in [3.8, 4) is 0 Å². The molecule has 1 fully saturated rings. The van der Waals surface area contributed by atoms with Crippen LogP contribution in [0.2, 0.25) is 0 Å². The second-order valence-corrected chi connectivity index (χ2v) is 5.03. The Hall–Kier alpha value is -1.98. The summed E-state index contributed by atoms with van der Waals surface area (Å²) in [6.07, 6.45) is 4.62. The van der Waals surface area contributed by atoms with Gasteiger partial charge in [0.25, 0.3) is 5.91 Å². The third-order valence-electron chi connectivity index (χ3n) is 3.62. The Labute approximate surface area is 116 Å². The molecule has 0 radical (unpaired) electrons. The summed E-state index contributed by atoms with van der Waals surface area (Å²) in [4.78, 5) is 26.7. The average molecular weight is 280 g/mol. The van der Waals surface area contributed by atoms with Crippen molar-refractivity contribution in [2.75, 3.05) is 0 Å². The summed E-state index contributed by atoms with van der Waals surface area (Å²) in [7, 11) is 0. The number of rotatable bonds is 4. The highest BCUT2D eigenvalue weighted by atomic mass is 19.1. The predicted octanol–water partition coefficient (Wildman–Crippen LogP) is 1.98. The minimum atomic E-state index is -1.05. The molecule has 6 heteroatoms. The normalized spacial score (nSPS) is 17.4. The van der Waals surface area contributed by atoms with Crippen LogP contribution in [0.5, 0.6) is 0 Å². The van der Waals surface area contributed by atoms with Gasteiger partial charge in [-0.15, -0.1) is 0 Å². The van der Waals surface area contributed by atoms with Crippen LogP contribution in [0.3, 0.4) is 0 Å². The Morgan fingerprint density at radius 2 is 2.00 bits per heavy atom. The lowest BCUT2D eigenvalue weighted by molar-refractivity contribution is -0.141. The molecule has 0 saturated heterocycles. The van der Waals surface area contributed by atoms with Gasteiger partial charge in [0.2, 0.25) is 5.95 Å². The van der Waals surface area contributed by atoms with E-state index in [-0.39, 0.29) is 11.6 Å². The number of carbonyl (C=O) groups excluding carboxylic acids is 1. The van der Waals surface area contributed by atoms with E-state index in [2.05, 4.69) is 10.3 Å². The number of carboxylic acid groups (broad SMARTS) is 1. The zero-order valence-corrected chi connectivity index (χ0v) is 11.0. The number of amides is 1. The minimum absolute atomic E-state index is 0.0706. The summed E-state index contributed by atoms with van der Waals surface area (Å²) >= 11 is 0. The highest BCUT2D eigenvalue weighted by Crippen LogP contribution is 2.26. The molecule has 1 aliphatic rings. The molecule has 1 aromatic heterocycles. The molecular weight excluding hydrogens is 263 g/mol. The van der Waals surface area contributed by atoms with Crippen LogP contribution in [0.25, 0.3) is 0 Å². The maximum absolute atomic E-state index is 13.0. The van der Waals surface area contributed by atoms with Gasteiger partial charge in [-0.2, -0.15) is 4.39 Å². The molecule has 1 amide bonds. The van der Waals surface area contributed by atoms with Crippen molar-refractivity contribution in [3.63, 3.8) is 0 Å². The first-order valence-electron chi connectivity index (χ1n) is 6.74. The van der Waals surface area contributed by atoms with Gasteiger partial charge in [0, 0.05) is 0 Å². The lowest BCUT2D eigenvalue weighted by Gasteiger charge is -2.27. The van der Waals surface area contributed by atoms with Crippen molar-refractivity contribution in [2.24, 2.45) is 5.92 Å². The zero-order valence-electron chi connectivity index (χ0n) is 11.0. The lowest BCUT2D eigenvalue weighted by Crippen LogP contribution is -2.46. The van der Waals surface area contributed by atoms with Gasteiger partial charge in [0.1, 0.15) is 11.7 Å². The first-order chi connectivity index (χ1) is 9.58. The fourth-order valence-corrected chi connectivity index (χ4v) is 2.60. The monoisotopic (exact) mass is 280 g/mol. The summed E-state index contributed by atoms with van der Waals surface area (Å²) in [6.45, 7) is 0. The van der Waals surface area contributed by atoms with Crippen molar-refractivity contribution >= 4 is 11.9 Å². The van der Waals surface area contributed by atoms with E-state index in [4.69, 9.17) is 0 Å². The van der Waals surface area contributed by atoms with Gasteiger partial charge >= 0.3 is 5.97 Å². The van der Waals surface area contributed by atoms with E-state index in [0.717, 1.165) is 38.2 Å². The summed E-state index contributed by atoms with van der Waals surface area (Å²) < 4.78 is 13.0. The van der Waals surface area contributed by atoms with E-state index in [1.165, 1.54) is 12.1 Å². The largest absolute Gasteiger partial charge is 0.480 e. The van der Waals surface area contributed by atoms with Crippen LogP contribution in [-0.4, -0.2) is 28.0 Å². The molecule has 108 valence electrons. The molecule has 0 bridgehead atoms. The number of pyridine rings is 1. The fourth-order valence-electron chi connectivity index (χ4n) is 2.60. The summed E-state index contributed by atoms with van der Waals surface area (Å²) in [6, 6.07) is 2.92. The highest BCUT2D eigenvalue weighted by Gasteiger charge is 2.31. The van der Waals surface area contributed by atoms with Crippen molar-refractivity contribution in [2.45, 2.75) is 38.1 Å². The van der Waals surface area contributed by atoms with Gasteiger partial charge in [0.05, 0.1) is 0 Å². The maximum Gasteiger partial charge on any atom is 0.326 e. The minimum Gasteiger partial charge on any atom is -0.480 e. The van der Waals surface area contributed by atoms with Crippen LogP contribution in [0.15, 0.2) is 18.2 Å². The van der Waals surface area contributed by atoms with Gasteiger partial charge < -0.3 is 10.4 Å². The SMILES string of the molecule is O=C(NC(C(=O)O)C1CCCCC1)c1cccc(F)n1. The molecule has 1 unspecified atom stereocenters. The summed E-state index contributed by atoms with van der Waals surface area (Å²) in [5, 5.41) is 11.7. The highest BCUT2D eigenvalue weighted by molar-refractivity contribution is 5.94. The molecule has 2 rings (SSSR count). The number of nitrogens with zero attached hydrogens (tertiary/aromatic N) is 1. The van der Waals surface area contributed by atoms with Gasteiger partial charge in [-0.05, 0) is 30.9 Å². The van der Waals surface area contributed by atoms with Gasteiger partial charge in [-0.25, -0.2) is 9.78 Å². The second kappa shape index (κ2) is 6.45. The Kier molecular flexibility index (Phi) is 4.65. The topological polar surface area (TPSA) is 79.3 Å². The average Bonchev–Trinajstić information content (AvgIpc) is 2.45. The number of hydrogen-bond acceptors (Lipinski definition) is 3. The third kappa shape index (κ3) is 3.53. The third-order valence-corrected chi connectivity index (χ3v) is 3.62. The molecule has 1 atom stereocenters. The maximum atomic E-state index is 13.0. The number of aromatic nitrogens is 1. The van der Waals surface area contributed by atoms with Crippen LogP contribution in [0.4, 0.5) is 4.39 Å². The summed E-state index contributed by atoms with van der Waals surface area (Å²) in [5.74, 6) is -2.54. The van der Waals surface area contributed by atoms with E-state index < -0.39 is 23.9 Å². The Morgan fingerprint density at radius 3 is 2.60 bits per heavy atom. The smallest absolute Gasteiger partial charge is 0.326 e. The van der Waals surface area contributed by atoms with Crippen LogP contribution < -0.4 is 5.32 Å². The van der Waals surface area contributed by atoms with Crippen molar-refractivity contribution in [1.82, 2.24) is 10.3 Å².